The largest absolute Gasteiger partial charge is 0.457 e. The van der Waals surface area contributed by atoms with Crippen LogP contribution in [0.15, 0.2) is 48.5 Å². The zero-order valence-electron chi connectivity index (χ0n) is 13.0. The van der Waals surface area contributed by atoms with Gasteiger partial charge in [0.1, 0.15) is 11.5 Å². The fourth-order valence-corrected chi connectivity index (χ4v) is 2.67. The number of hydrogen-bond donors (Lipinski definition) is 1. The Kier molecular flexibility index (Phi) is 4.92. The van der Waals surface area contributed by atoms with E-state index in [1.807, 2.05) is 37.4 Å². The summed E-state index contributed by atoms with van der Waals surface area (Å²) in [6.45, 7) is 6.68. The topological polar surface area (TPSA) is 21.3 Å². The van der Waals surface area contributed by atoms with Gasteiger partial charge >= 0.3 is 0 Å². The Labute approximate surface area is 132 Å². The minimum absolute atomic E-state index is 0.157. The molecule has 1 unspecified atom stereocenters. The van der Waals surface area contributed by atoms with Gasteiger partial charge in [0.2, 0.25) is 0 Å². The van der Waals surface area contributed by atoms with Gasteiger partial charge in [-0.15, -0.1) is 0 Å². The van der Waals surface area contributed by atoms with E-state index in [0.717, 1.165) is 11.5 Å². The van der Waals surface area contributed by atoms with Gasteiger partial charge < -0.3 is 10.1 Å². The highest BCUT2D eigenvalue weighted by molar-refractivity contribution is 6.30. The van der Waals surface area contributed by atoms with Crippen LogP contribution >= 0.6 is 11.6 Å². The summed E-state index contributed by atoms with van der Waals surface area (Å²) in [4.78, 5) is 0. The molecule has 2 nitrogen and oxygen atoms in total. The van der Waals surface area contributed by atoms with E-state index in [2.05, 4.69) is 38.2 Å². The Balaban J connectivity index is 2.15. The maximum atomic E-state index is 5.96. The second kappa shape index (κ2) is 6.50. The van der Waals surface area contributed by atoms with Gasteiger partial charge in [0.05, 0.1) is 0 Å². The fourth-order valence-electron chi connectivity index (χ4n) is 2.49. The van der Waals surface area contributed by atoms with Crippen LogP contribution in [0.5, 0.6) is 11.5 Å². The summed E-state index contributed by atoms with van der Waals surface area (Å²) in [6, 6.07) is 15.9. The molecule has 0 aromatic heterocycles. The third kappa shape index (κ3) is 4.23. The van der Waals surface area contributed by atoms with Gasteiger partial charge in [0, 0.05) is 11.1 Å². The van der Waals surface area contributed by atoms with Crippen LogP contribution in [0.2, 0.25) is 5.02 Å². The Hall–Kier alpha value is -1.51. The van der Waals surface area contributed by atoms with Crippen molar-refractivity contribution in [2.24, 2.45) is 5.41 Å². The van der Waals surface area contributed by atoms with Crippen LogP contribution in [-0.2, 0) is 0 Å². The molecule has 0 bridgehead atoms. The lowest BCUT2D eigenvalue weighted by Crippen LogP contribution is -2.29. The zero-order valence-corrected chi connectivity index (χ0v) is 13.7. The molecule has 0 saturated carbocycles. The molecule has 0 aliphatic heterocycles. The van der Waals surface area contributed by atoms with Crippen molar-refractivity contribution in [2.45, 2.75) is 26.8 Å². The summed E-state index contributed by atoms with van der Waals surface area (Å²) in [6.07, 6.45) is 0. The lowest BCUT2D eigenvalue weighted by atomic mass is 9.82. The first-order valence-corrected chi connectivity index (χ1v) is 7.48. The smallest absolute Gasteiger partial charge is 0.128 e. The zero-order chi connectivity index (χ0) is 15.5. The van der Waals surface area contributed by atoms with Crippen LogP contribution in [0.4, 0.5) is 0 Å². The van der Waals surface area contributed by atoms with Crippen LogP contribution in [0.25, 0.3) is 0 Å². The van der Waals surface area contributed by atoms with E-state index in [1.54, 1.807) is 6.07 Å². The van der Waals surface area contributed by atoms with Crippen molar-refractivity contribution in [3.05, 3.63) is 59.1 Å². The van der Waals surface area contributed by atoms with Gasteiger partial charge in [-0.3, -0.25) is 0 Å². The first-order valence-electron chi connectivity index (χ1n) is 7.11. The number of rotatable bonds is 4. The highest BCUT2D eigenvalue weighted by atomic mass is 35.5. The van der Waals surface area contributed by atoms with Crippen molar-refractivity contribution in [1.82, 2.24) is 5.32 Å². The number of hydrogen-bond acceptors (Lipinski definition) is 2. The van der Waals surface area contributed by atoms with Crippen molar-refractivity contribution in [3.63, 3.8) is 0 Å². The summed E-state index contributed by atoms with van der Waals surface area (Å²) in [5.74, 6) is 1.56. The molecule has 2 aromatic carbocycles. The predicted molar refractivity (Wildman–Crippen MR) is 89.2 cm³/mol. The van der Waals surface area contributed by atoms with Gasteiger partial charge in [0.15, 0.2) is 0 Å². The maximum Gasteiger partial charge on any atom is 0.128 e. The van der Waals surface area contributed by atoms with Crippen molar-refractivity contribution in [3.8, 4) is 11.5 Å². The first kappa shape index (κ1) is 15.9. The van der Waals surface area contributed by atoms with E-state index in [4.69, 9.17) is 16.3 Å². The number of nitrogens with one attached hydrogen (secondary N) is 1. The molecule has 3 heteroatoms. The molecule has 2 aromatic rings. The highest BCUT2D eigenvalue weighted by Crippen LogP contribution is 2.33. The van der Waals surface area contributed by atoms with Crippen LogP contribution in [-0.4, -0.2) is 7.05 Å². The Morgan fingerprint density at radius 2 is 1.67 bits per heavy atom. The van der Waals surface area contributed by atoms with E-state index in [-0.39, 0.29) is 5.41 Å². The standard InChI is InChI=1S/C18H22ClNO/c1-18(2,3)17(20-4)13-8-10-15(11-9-13)21-16-7-5-6-14(19)12-16/h5-12,17,20H,1-4H3. The summed E-state index contributed by atoms with van der Waals surface area (Å²) >= 11 is 5.96. The van der Waals surface area contributed by atoms with Crippen molar-refractivity contribution in [1.29, 1.82) is 0 Å². The lowest BCUT2D eigenvalue weighted by Gasteiger charge is -2.30. The lowest BCUT2D eigenvalue weighted by molar-refractivity contribution is 0.287. The quantitative estimate of drug-likeness (QED) is 0.812. The van der Waals surface area contributed by atoms with Crippen LogP contribution in [0, 0.1) is 5.41 Å². The molecule has 0 aliphatic rings. The van der Waals surface area contributed by atoms with E-state index < -0.39 is 0 Å². The first-order chi connectivity index (χ1) is 9.90. The van der Waals surface area contributed by atoms with E-state index in [9.17, 15) is 0 Å². The molecule has 112 valence electrons. The van der Waals surface area contributed by atoms with Crippen LogP contribution in [0.1, 0.15) is 32.4 Å². The molecular weight excluding hydrogens is 282 g/mol. The molecule has 0 amide bonds. The number of ether oxygens (including phenoxy) is 1. The average molecular weight is 304 g/mol. The van der Waals surface area contributed by atoms with Crippen LogP contribution in [0.3, 0.4) is 0 Å². The number of halogens is 1. The molecule has 0 aliphatic carbocycles. The van der Waals surface area contributed by atoms with Crippen molar-refractivity contribution in [2.75, 3.05) is 7.05 Å². The van der Waals surface area contributed by atoms with Gasteiger partial charge in [-0.25, -0.2) is 0 Å². The second-order valence-electron chi connectivity index (χ2n) is 6.22. The van der Waals surface area contributed by atoms with E-state index >= 15 is 0 Å². The molecule has 0 radical (unpaired) electrons. The maximum absolute atomic E-state index is 5.96. The fraction of sp³-hybridized carbons (Fsp3) is 0.333. The van der Waals surface area contributed by atoms with E-state index in [1.165, 1.54) is 5.56 Å². The Bertz CT molecular complexity index is 587. The molecule has 0 saturated heterocycles. The minimum Gasteiger partial charge on any atom is -0.457 e. The normalized spacial score (nSPS) is 13.0. The summed E-state index contributed by atoms with van der Waals surface area (Å²) in [7, 11) is 1.99. The van der Waals surface area contributed by atoms with Crippen molar-refractivity contribution < 1.29 is 4.74 Å². The van der Waals surface area contributed by atoms with Gasteiger partial charge in [0.25, 0.3) is 0 Å². The van der Waals surface area contributed by atoms with Gasteiger partial charge in [-0.2, -0.15) is 0 Å². The van der Waals surface area contributed by atoms with Crippen molar-refractivity contribution >= 4 is 11.6 Å². The predicted octanol–water partition coefficient (Wildman–Crippen LogP) is 5.44. The molecule has 1 atom stereocenters. The molecule has 21 heavy (non-hydrogen) atoms. The average Bonchev–Trinajstić information content (AvgIpc) is 2.40. The summed E-state index contributed by atoms with van der Waals surface area (Å²) < 4.78 is 5.81. The monoisotopic (exact) mass is 303 g/mol. The van der Waals surface area contributed by atoms with E-state index in [0.29, 0.717) is 11.1 Å². The third-order valence-corrected chi connectivity index (χ3v) is 3.64. The minimum atomic E-state index is 0.157. The van der Waals surface area contributed by atoms with Crippen LogP contribution < -0.4 is 10.1 Å². The summed E-state index contributed by atoms with van der Waals surface area (Å²) in [5.41, 5.74) is 1.41. The Morgan fingerprint density at radius 1 is 1.00 bits per heavy atom. The Morgan fingerprint density at radius 3 is 2.19 bits per heavy atom. The third-order valence-electron chi connectivity index (χ3n) is 3.40. The molecule has 0 fully saturated rings. The highest BCUT2D eigenvalue weighted by Gasteiger charge is 2.24. The molecule has 0 heterocycles. The number of benzene rings is 2. The van der Waals surface area contributed by atoms with Gasteiger partial charge in [-0.05, 0) is 48.4 Å². The molecule has 2 rings (SSSR count). The molecule has 1 N–H and O–H groups in total. The van der Waals surface area contributed by atoms with Gasteiger partial charge in [-0.1, -0.05) is 50.6 Å². The molecule has 0 spiro atoms. The molecular formula is C18H22ClNO. The SMILES string of the molecule is CNC(c1ccc(Oc2cccc(Cl)c2)cc1)C(C)(C)C. The second-order valence-corrected chi connectivity index (χ2v) is 6.65. The summed E-state index contributed by atoms with van der Waals surface area (Å²) in [5, 5.41) is 4.05.